The van der Waals surface area contributed by atoms with Crippen molar-refractivity contribution in [3.05, 3.63) is 16.6 Å². The van der Waals surface area contributed by atoms with E-state index in [2.05, 4.69) is 42.9 Å². The molecule has 0 spiro atoms. The van der Waals surface area contributed by atoms with Crippen LogP contribution in [0.25, 0.3) is 0 Å². The molecular formula is C12H21N3OS. The van der Waals surface area contributed by atoms with Gasteiger partial charge in [0, 0.05) is 30.6 Å². The molecule has 0 aliphatic heterocycles. The molecule has 1 amide bonds. The summed E-state index contributed by atoms with van der Waals surface area (Å²) < 4.78 is 0. The molecular weight excluding hydrogens is 234 g/mol. The summed E-state index contributed by atoms with van der Waals surface area (Å²) in [6.45, 7) is 10.2. The summed E-state index contributed by atoms with van der Waals surface area (Å²) in [6, 6.07) is 0.984. The molecule has 0 saturated carbocycles. The molecule has 0 bridgehead atoms. The summed E-state index contributed by atoms with van der Waals surface area (Å²) in [5.74, 6) is -0.0845. The van der Waals surface area contributed by atoms with Crippen LogP contribution in [0.5, 0.6) is 0 Å². The van der Waals surface area contributed by atoms with Gasteiger partial charge in [-0.2, -0.15) is 0 Å². The largest absolute Gasteiger partial charge is 0.349 e. The van der Waals surface area contributed by atoms with Crippen molar-refractivity contribution in [2.75, 3.05) is 13.1 Å². The van der Waals surface area contributed by atoms with Crippen LogP contribution in [0, 0.1) is 0 Å². The number of rotatable bonds is 6. The zero-order chi connectivity index (χ0) is 12.8. The third kappa shape index (κ3) is 4.44. The third-order valence-electron chi connectivity index (χ3n) is 2.65. The first-order valence-corrected chi connectivity index (χ1v) is 6.88. The van der Waals surface area contributed by atoms with Crippen LogP contribution in [0.3, 0.4) is 0 Å². The van der Waals surface area contributed by atoms with E-state index in [1.54, 1.807) is 10.9 Å². The SMILES string of the molecule is CC(C)N(CCNC(=O)c1cscn1)C(C)C. The Labute approximate surface area is 107 Å². The Balaban J connectivity index is 2.34. The topological polar surface area (TPSA) is 45.2 Å². The fraction of sp³-hybridized carbons (Fsp3) is 0.667. The van der Waals surface area contributed by atoms with E-state index in [9.17, 15) is 4.79 Å². The first kappa shape index (κ1) is 14.1. The fourth-order valence-corrected chi connectivity index (χ4v) is 2.36. The molecule has 96 valence electrons. The van der Waals surface area contributed by atoms with Crippen LogP contribution in [0.2, 0.25) is 0 Å². The van der Waals surface area contributed by atoms with Gasteiger partial charge in [0.15, 0.2) is 0 Å². The predicted octanol–water partition coefficient (Wildman–Crippen LogP) is 1.99. The standard InChI is InChI=1S/C12H21N3OS/c1-9(2)15(10(3)4)6-5-13-12(16)11-7-17-8-14-11/h7-10H,5-6H2,1-4H3,(H,13,16). The summed E-state index contributed by atoms with van der Waals surface area (Å²) in [5.41, 5.74) is 2.18. The molecule has 1 N–H and O–H groups in total. The molecule has 0 atom stereocenters. The third-order valence-corrected chi connectivity index (χ3v) is 3.23. The molecule has 0 aromatic carbocycles. The van der Waals surface area contributed by atoms with Crippen molar-refractivity contribution in [1.29, 1.82) is 0 Å². The minimum atomic E-state index is -0.0845. The number of hydrogen-bond donors (Lipinski definition) is 1. The normalized spacial score (nSPS) is 11.5. The maximum atomic E-state index is 11.6. The second-order valence-corrected chi connectivity index (χ2v) is 5.27. The average molecular weight is 255 g/mol. The van der Waals surface area contributed by atoms with Gasteiger partial charge >= 0.3 is 0 Å². The number of carbonyl (C=O) groups excluding carboxylic acids is 1. The van der Waals surface area contributed by atoms with Gasteiger partial charge in [-0.05, 0) is 27.7 Å². The molecule has 4 nitrogen and oxygen atoms in total. The van der Waals surface area contributed by atoms with Gasteiger partial charge in [-0.15, -0.1) is 11.3 Å². The summed E-state index contributed by atoms with van der Waals surface area (Å²) in [4.78, 5) is 18.0. The lowest BCUT2D eigenvalue weighted by atomic mass is 10.2. The van der Waals surface area contributed by atoms with E-state index in [0.717, 1.165) is 6.54 Å². The predicted molar refractivity (Wildman–Crippen MR) is 71.4 cm³/mol. The number of thiazole rings is 1. The van der Waals surface area contributed by atoms with Gasteiger partial charge in [0.2, 0.25) is 0 Å². The van der Waals surface area contributed by atoms with Crippen LogP contribution in [0.1, 0.15) is 38.2 Å². The van der Waals surface area contributed by atoms with Gasteiger partial charge in [-0.3, -0.25) is 9.69 Å². The van der Waals surface area contributed by atoms with Gasteiger partial charge in [0.25, 0.3) is 5.91 Å². The average Bonchev–Trinajstić information content (AvgIpc) is 2.76. The van der Waals surface area contributed by atoms with E-state index in [-0.39, 0.29) is 5.91 Å². The summed E-state index contributed by atoms with van der Waals surface area (Å²) >= 11 is 1.44. The number of nitrogens with zero attached hydrogens (tertiary/aromatic N) is 2. The van der Waals surface area contributed by atoms with Crippen LogP contribution in [-0.4, -0.2) is 41.0 Å². The second-order valence-electron chi connectivity index (χ2n) is 4.55. The molecule has 0 aliphatic rings. The first-order valence-electron chi connectivity index (χ1n) is 5.94. The Hall–Kier alpha value is -0.940. The quantitative estimate of drug-likeness (QED) is 0.845. The van der Waals surface area contributed by atoms with Crippen LogP contribution >= 0.6 is 11.3 Å². The smallest absolute Gasteiger partial charge is 0.270 e. The molecule has 1 aromatic heterocycles. The zero-order valence-corrected chi connectivity index (χ0v) is 11.8. The lowest BCUT2D eigenvalue weighted by Gasteiger charge is -2.30. The summed E-state index contributed by atoms with van der Waals surface area (Å²) in [7, 11) is 0. The van der Waals surface area contributed by atoms with Crippen molar-refractivity contribution >= 4 is 17.2 Å². The van der Waals surface area contributed by atoms with Crippen molar-refractivity contribution in [2.24, 2.45) is 0 Å². The molecule has 0 radical (unpaired) electrons. The number of hydrogen-bond acceptors (Lipinski definition) is 4. The van der Waals surface area contributed by atoms with Crippen molar-refractivity contribution in [3.8, 4) is 0 Å². The molecule has 1 rings (SSSR count). The Kier molecular flexibility index (Phi) is 5.58. The minimum absolute atomic E-state index is 0.0845. The number of nitrogens with one attached hydrogen (secondary N) is 1. The Bertz CT molecular complexity index is 328. The molecule has 0 saturated heterocycles. The Morgan fingerprint density at radius 3 is 2.53 bits per heavy atom. The molecule has 1 heterocycles. The van der Waals surface area contributed by atoms with Crippen molar-refractivity contribution < 1.29 is 4.79 Å². The Morgan fingerprint density at radius 1 is 1.41 bits per heavy atom. The number of aromatic nitrogens is 1. The van der Waals surface area contributed by atoms with Gasteiger partial charge in [-0.25, -0.2) is 4.98 Å². The maximum Gasteiger partial charge on any atom is 0.270 e. The van der Waals surface area contributed by atoms with E-state index in [0.29, 0.717) is 24.3 Å². The highest BCUT2D eigenvalue weighted by Gasteiger charge is 2.13. The lowest BCUT2D eigenvalue weighted by Crippen LogP contribution is -2.42. The van der Waals surface area contributed by atoms with Gasteiger partial charge in [0.05, 0.1) is 5.51 Å². The summed E-state index contributed by atoms with van der Waals surface area (Å²) in [5, 5.41) is 4.65. The monoisotopic (exact) mass is 255 g/mol. The number of carbonyl (C=O) groups is 1. The highest BCUT2D eigenvalue weighted by Crippen LogP contribution is 2.04. The zero-order valence-electron chi connectivity index (χ0n) is 10.9. The fourth-order valence-electron chi connectivity index (χ4n) is 1.83. The van der Waals surface area contributed by atoms with E-state index >= 15 is 0 Å². The van der Waals surface area contributed by atoms with Crippen LogP contribution in [-0.2, 0) is 0 Å². The van der Waals surface area contributed by atoms with Crippen LogP contribution in [0.15, 0.2) is 10.9 Å². The molecule has 1 aromatic rings. The molecule has 17 heavy (non-hydrogen) atoms. The van der Waals surface area contributed by atoms with E-state index in [1.165, 1.54) is 11.3 Å². The highest BCUT2D eigenvalue weighted by molar-refractivity contribution is 7.07. The van der Waals surface area contributed by atoms with Gasteiger partial charge in [-0.1, -0.05) is 0 Å². The Morgan fingerprint density at radius 2 is 2.06 bits per heavy atom. The van der Waals surface area contributed by atoms with Gasteiger partial charge in [0.1, 0.15) is 5.69 Å². The highest BCUT2D eigenvalue weighted by atomic mass is 32.1. The first-order chi connectivity index (χ1) is 8.02. The molecule has 0 unspecified atom stereocenters. The van der Waals surface area contributed by atoms with E-state index in [4.69, 9.17) is 0 Å². The maximum absolute atomic E-state index is 11.6. The number of amides is 1. The van der Waals surface area contributed by atoms with Crippen molar-refractivity contribution in [2.45, 2.75) is 39.8 Å². The molecule has 0 fully saturated rings. The van der Waals surface area contributed by atoms with Gasteiger partial charge < -0.3 is 5.32 Å². The summed E-state index contributed by atoms with van der Waals surface area (Å²) in [6.07, 6.45) is 0. The lowest BCUT2D eigenvalue weighted by molar-refractivity contribution is 0.0935. The molecule has 0 aliphatic carbocycles. The van der Waals surface area contributed by atoms with E-state index < -0.39 is 0 Å². The van der Waals surface area contributed by atoms with Crippen molar-refractivity contribution in [1.82, 2.24) is 15.2 Å². The second kappa shape index (κ2) is 6.71. The van der Waals surface area contributed by atoms with Crippen LogP contribution in [0.4, 0.5) is 0 Å². The van der Waals surface area contributed by atoms with E-state index in [1.807, 2.05) is 0 Å². The van der Waals surface area contributed by atoms with Crippen molar-refractivity contribution in [3.63, 3.8) is 0 Å². The minimum Gasteiger partial charge on any atom is -0.349 e. The van der Waals surface area contributed by atoms with Crippen LogP contribution < -0.4 is 5.32 Å². The molecule has 5 heteroatoms.